The molecule has 28 heavy (non-hydrogen) atoms. The summed E-state index contributed by atoms with van der Waals surface area (Å²) in [5.41, 5.74) is 0.930. The van der Waals surface area contributed by atoms with E-state index in [0.717, 1.165) is 17.7 Å². The van der Waals surface area contributed by atoms with Gasteiger partial charge in [0.15, 0.2) is 9.84 Å². The molecule has 0 aromatic heterocycles. The first-order valence-corrected chi connectivity index (χ1v) is 10.6. The van der Waals surface area contributed by atoms with Gasteiger partial charge in [0.25, 0.3) is 0 Å². The predicted octanol–water partition coefficient (Wildman–Crippen LogP) is 3.41. The standard InChI is InChI=1S/C20H22F3NO3S/c21-20(22,23)18-10-8-17(9-11-18)12-13-24-19(25)15-28(26,27)14-4-7-16-5-2-1-3-6-16/h1-3,5-6,8-11H,4,7,12-15H2,(H,24,25). The van der Waals surface area contributed by atoms with Gasteiger partial charge in [0, 0.05) is 6.54 Å². The lowest BCUT2D eigenvalue weighted by Crippen LogP contribution is -2.32. The molecular formula is C20H22F3NO3S. The van der Waals surface area contributed by atoms with Crippen molar-refractivity contribution in [2.24, 2.45) is 0 Å². The topological polar surface area (TPSA) is 63.2 Å². The first-order valence-electron chi connectivity index (χ1n) is 8.83. The molecule has 1 N–H and O–H groups in total. The molecule has 0 spiro atoms. The highest BCUT2D eigenvalue weighted by Gasteiger charge is 2.29. The number of aryl methyl sites for hydroxylation is 1. The lowest BCUT2D eigenvalue weighted by Gasteiger charge is -2.09. The summed E-state index contributed by atoms with van der Waals surface area (Å²) in [6, 6.07) is 14.1. The van der Waals surface area contributed by atoms with Gasteiger partial charge < -0.3 is 5.32 Å². The molecule has 152 valence electrons. The number of rotatable bonds is 9. The van der Waals surface area contributed by atoms with E-state index in [0.29, 0.717) is 24.8 Å². The average Bonchev–Trinajstić information content (AvgIpc) is 2.61. The SMILES string of the molecule is O=C(CS(=O)(=O)CCCc1ccccc1)NCCc1ccc(C(F)(F)F)cc1. The molecule has 0 unspecified atom stereocenters. The number of hydrogen-bond donors (Lipinski definition) is 1. The van der Waals surface area contributed by atoms with E-state index in [4.69, 9.17) is 0 Å². The molecule has 1 amide bonds. The molecular weight excluding hydrogens is 391 g/mol. The van der Waals surface area contributed by atoms with Crippen molar-refractivity contribution in [2.75, 3.05) is 18.1 Å². The molecule has 0 heterocycles. The third-order valence-corrected chi connectivity index (χ3v) is 5.74. The first-order chi connectivity index (χ1) is 13.2. The number of hydrogen-bond acceptors (Lipinski definition) is 3. The number of sulfone groups is 1. The van der Waals surface area contributed by atoms with Crippen molar-refractivity contribution in [1.82, 2.24) is 5.32 Å². The second-order valence-electron chi connectivity index (χ2n) is 6.48. The van der Waals surface area contributed by atoms with Crippen LogP contribution >= 0.6 is 0 Å². The highest BCUT2D eigenvalue weighted by atomic mass is 32.2. The summed E-state index contributed by atoms with van der Waals surface area (Å²) in [4.78, 5) is 11.8. The van der Waals surface area contributed by atoms with Crippen molar-refractivity contribution in [3.05, 3.63) is 71.3 Å². The average molecular weight is 413 g/mol. The molecule has 2 aromatic carbocycles. The first kappa shape index (κ1) is 21.9. The van der Waals surface area contributed by atoms with Crippen molar-refractivity contribution in [3.63, 3.8) is 0 Å². The fourth-order valence-corrected chi connectivity index (χ4v) is 3.90. The maximum absolute atomic E-state index is 12.5. The largest absolute Gasteiger partial charge is 0.416 e. The van der Waals surface area contributed by atoms with E-state index in [1.165, 1.54) is 12.1 Å². The van der Waals surface area contributed by atoms with Gasteiger partial charge in [0.05, 0.1) is 11.3 Å². The van der Waals surface area contributed by atoms with E-state index >= 15 is 0 Å². The van der Waals surface area contributed by atoms with Crippen LogP contribution in [-0.2, 0) is 33.6 Å². The van der Waals surface area contributed by atoms with Crippen LogP contribution in [-0.4, -0.2) is 32.4 Å². The van der Waals surface area contributed by atoms with Gasteiger partial charge in [0.2, 0.25) is 5.91 Å². The summed E-state index contributed by atoms with van der Waals surface area (Å²) in [6.45, 7) is 0.156. The molecule has 0 radical (unpaired) electrons. The minimum atomic E-state index is -4.39. The van der Waals surface area contributed by atoms with E-state index in [-0.39, 0.29) is 12.3 Å². The van der Waals surface area contributed by atoms with E-state index in [1.807, 2.05) is 30.3 Å². The molecule has 2 rings (SSSR count). The Balaban J connectivity index is 1.71. The summed E-state index contributed by atoms with van der Waals surface area (Å²) >= 11 is 0. The minimum Gasteiger partial charge on any atom is -0.355 e. The Hall–Kier alpha value is -2.35. The summed E-state index contributed by atoms with van der Waals surface area (Å²) in [7, 11) is -3.51. The number of benzene rings is 2. The smallest absolute Gasteiger partial charge is 0.355 e. The number of nitrogens with one attached hydrogen (secondary N) is 1. The molecule has 0 aliphatic rings. The van der Waals surface area contributed by atoms with Crippen LogP contribution in [0.15, 0.2) is 54.6 Å². The fraction of sp³-hybridized carbons (Fsp3) is 0.350. The van der Waals surface area contributed by atoms with Gasteiger partial charge in [-0.25, -0.2) is 8.42 Å². The van der Waals surface area contributed by atoms with Gasteiger partial charge in [-0.15, -0.1) is 0 Å². The number of amides is 1. The van der Waals surface area contributed by atoms with Crippen LogP contribution in [0.1, 0.15) is 23.1 Å². The van der Waals surface area contributed by atoms with Gasteiger partial charge in [0.1, 0.15) is 5.75 Å². The van der Waals surface area contributed by atoms with E-state index in [2.05, 4.69) is 5.32 Å². The van der Waals surface area contributed by atoms with Crippen LogP contribution in [0.3, 0.4) is 0 Å². The van der Waals surface area contributed by atoms with Crippen molar-refractivity contribution in [1.29, 1.82) is 0 Å². The number of halogens is 3. The van der Waals surface area contributed by atoms with Crippen LogP contribution < -0.4 is 5.32 Å². The Morgan fingerprint density at radius 1 is 0.893 bits per heavy atom. The zero-order chi connectivity index (χ0) is 20.6. The Bertz CT molecular complexity index is 864. The summed E-state index contributed by atoms with van der Waals surface area (Å²) in [5, 5.41) is 2.50. The molecule has 0 atom stereocenters. The van der Waals surface area contributed by atoms with E-state index in [1.54, 1.807) is 0 Å². The van der Waals surface area contributed by atoms with E-state index < -0.39 is 33.2 Å². The molecule has 8 heteroatoms. The zero-order valence-electron chi connectivity index (χ0n) is 15.2. The summed E-state index contributed by atoms with van der Waals surface area (Å²) in [6.07, 6.45) is -3.01. The number of carbonyl (C=O) groups excluding carboxylic acids is 1. The highest BCUT2D eigenvalue weighted by Crippen LogP contribution is 2.29. The fourth-order valence-electron chi connectivity index (χ4n) is 2.67. The third kappa shape index (κ3) is 7.72. The highest BCUT2D eigenvalue weighted by molar-refractivity contribution is 7.92. The van der Waals surface area contributed by atoms with Crippen LogP contribution in [0.2, 0.25) is 0 Å². The maximum atomic E-state index is 12.5. The van der Waals surface area contributed by atoms with Crippen molar-refractivity contribution in [2.45, 2.75) is 25.4 Å². The van der Waals surface area contributed by atoms with Crippen molar-refractivity contribution >= 4 is 15.7 Å². The van der Waals surface area contributed by atoms with Gasteiger partial charge in [-0.2, -0.15) is 13.2 Å². The Labute approximate surface area is 162 Å². The maximum Gasteiger partial charge on any atom is 0.416 e. The van der Waals surface area contributed by atoms with Crippen LogP contribution in [0.25, 0.3) is 0 Å². The third-order valence-electron chi connectivity index (χ3n) is 4.13. The summed E-state index contributed by atoms with van der Waals surface area (Å²) in [5.74, 6) is -1.27. The second kappa shape index (κ2) is 9.73. The van der Waals surface area contributed by atoms with Crippen LogP contribution in [0.5, 0.6) is 0 Å². The molecule has 2 aromatic rings. The molecule has 0 bridgehead atoms. The van der Waals surface area contributed by atoms with E-state index in [9.17, 15) is 26.4 Å². The predicted molar refractivity (Wildman–Crippen MR) is 102 cm³/mol. The number of alkyl halides is 3. The Morgan fingerprint density at radius 2 is 1.50 bits per heavy atom. The molecule has 0 saturated carbocycles. The van der Waals surface area contributed by atoms with Gasteiger partial charge in [-0.1, -0.05) is 42.5 Å². The van der Waals surface area contributed by atoms with Crippen molar-refractivity contribution in [3.8, 4) is 0 Å². The lowest BCUT2D eigenvalue weighted by molar-refractivity contribution is -0.137. The molecule has 0 fully saturated rings. The summed E-state index contributed by atoms with van der Waals surface area (Å²) < 4.78 is 61.6. The quantitative estimate of drug-likeness (QED) is 0.685. The molecule has 4 nitrogen and oxygen atoms in total. The van der Waals surface area contributed by atoms with Crippen LogP contribution in [0, 0.1) is 0 Å². The number of carbonyl (C=O) groups is 1. The van der Waals surface area contributed by atoms with Gasteiger partial charge >= 0.3 is 6.18 Å². The van der Waals surface area contributed by atoms with Gasteiger partial charge in [-0.3, -0.25) is 4.79 Å². The monoisotopic (exact) mass is 413 g/mol. The Morgan fingerprint density at radius 3 is 2.11 bits per heavy atom. The lowest BCUT2D eigenvalue weighted by atomic mass is 10.1. The molecule has 0 aliphatic heterocycles. The zero-order valence-corrected chi connectivity index (χ0v) is 16.0. The second-order valence-corrected chi connectivity index (χ2v) is 8.66. The van der Waals surface area contributed by atoms with Crippen molar-refractivity contribution < 1.29 is 26.4 Å². The Kier molecular flexibility index (Phi) is 7.62. The normalized spacial score (nSPS) is 12.0. The van der Waals surface area contributed by atoms with Crippen LogP contribution in [0.4, 0.5) is 13.2 Å². The van der Waals surface area contributed by atoms with Gasteiger partial charge in [-0.05, 0) is 42.5 Å². The molecule has 0 saturated heterocycles. The molecule has 0 aliphatic carbocycles. The minimum absolute atomic E-state index is 0.0752.